The number of amides is 1. The molecule has 1 saturated heterocycles. The summed E-state index contributed by atoms with van der Waals surface area (Å²) in [6.07, 6.45) is 5.28. The smallest absolute Gasteiger partial charge is 0.329 e. The van der Waals surface area contributed by atoms with Crippen LogP contribution in [-0.2, 0) is 14.3 Å². The third-order valence-electron chi connectivity index (χ3n) is 4.48. The first-order valence-corrected chi connectivity index (χ1v) is 11.3. The SMILES string of the molecule is CCCCCCC(=O)N1C(C(=O)OCCC)CSC1c1ccc(Cl)c(Cl)c1. The molecule has 0 saturated carbocycles. The summed E-state index contributed by atoms with van der Waals surface area (Å²) in [6.45, 7) is 4.46. The molecule has 1 aromatic rings. The van der Waals surface area contributed by atoms with Gasteiger partial charge in [-0.25, -0.2) is 4.79 Å². The zero-order valence-electron chi connectivity index (χ0n) is 15.9. The molecular weight excluding hydrogens is 405 g/mol. The number of carbonyl (C=O) groups is 2. The Kier molecular flexibility index (Phi) is 9.27. The third kappa shape index (κ3) is 6.03. The first-order chi connectivity index (χ1) is 13.0. The maximum Gasteiger partial charge on any atom is 0.329 e. The van der Waals surface area contributed by atoms with E-state index in [9.17, 15) is 9.59 Å². The Morgan fingerprint density at radius 3 is 2.59 bits per heavy atom. The molecule has 1 heterocycles. The fourth-order valence-corrected chi connectivity index (χ4v) is 4.78. The number of benzene rings is 1. The average molecular weight is 432 g/mol. The fourth-order valence-electron chi connectivity index (χ4n) is 3.05. The van der Waals surface area contributed by atoms with Crippen molar-refractivity contribution in [1.29, 1.82) is 0 Å². The van der Waals surface area contributed by atoms with E-state index in [1.807, 2.05) is 13.0 Å². The number of hydrogen-bond acceptors (Lipinski definition) is 4. The summed E-state index contributed by atoms with van der Waals surface area (Å²) in [5.74, 6) is 0.188. The van der Waals surface area contributed by atoms with Crippen molar-refractivity contribution in [2.24, 2.45) is 0 Å². The monoisotopic (exact) mass is 431 g/mol. The second-order valence-electron chi connectivity index (χ2n) is 6.65. The van der Waals surface area contributed by atoms with E-state index in [0.717, 1.165) is 37.7 Å². The maximum atomic E-state index is 13.0. The number of carbonyl (C=O) groups excluding carboxylic acids is 2. The molecule has 2 atom stereocenters. The quantitative estimate of drug-likeness (QED) is 0.362. The molecule has 2 unspecified atom stereocenters. The highest BCUT2D eigenvalue weighted by Crippen LogP contribution is 2.43. The van der Waals surface area contributed by atoms with Crippen molar-refractivity contribution in [2.45, 2.75) is 63.8 Å². The molecule has 0 N–H and O–H groups in total. The first-order valence-electron chi connectivity index (χ1n) is 9.53. The second-order valence-corrected chi connectivity index (χ2v) is 8.58. The molecule has 0 aliphatic carbocycles. The summed E-state index contributed by atoms with van der Waals surface area (Å²) in [7, 11) is 0. The Balaban J connectivity index is 2.19. The second kappa shape index (κ2) is 11.2. The predicted octanol–water partition coefficient (Wildman–Crippen LogP) is 5.86. The van der Waals surface area contributed by atoms with Crippen LogP contribution in [-0.4, -0.2) is 35.2 Å². The van der Waals surface area contributed by atoms with Gasteiger partial charge in [-0.2, -0.15) is 0 Å². The highest BCUT2D eigenvalue weighted by atomic mass is 35.5. The molecule has 1 amide bonds. The van der Waals surface area contributed by atoms with Crippen molar-refractivity contribution in [3.8, 4) is 0 Å². The summed E-state index contributed by atoms with van der Waals surface area (Å²) in [4.78, 5) is 27.2. The van der Waals surface area contributed by atoms with Gasteiger partial charge in [-0.15, -0.1) is 11.8 Å². The average Bonchev–Trinajstić information content (AvgIpc) is 3.10. The Morgan fingerprint density at radius 1 is 1.15 bits per heavy atom. The normalized spacial score (nSPS) is 19.3. The number of halogens is 2. The van der Waals surface area contributed by atoms with E-state index in [1.165, 1.54) is 0 Å². The predicted molar refractivity (Wildman–Crippen MR) is 112 cm³/mol. The number of hydrogen-bond donors (Lipinski definition) is 0. The standard InChI is InChI=1S/C20H27Cl2NO3S/c1-3-5-6-7-8-18(24)23-17(20(25)26-11-4-2)13-27-19(23)14-9-10-15(21)16(22)12-14/h9-10,12,17,19H,3-8,11,13H2,1-2H3. The number of rotatable bonds is 9. The molecule has 2 rings (SSSR count). The van der Waals surface area contributed by atoms with Gasteiger partial charge in [-0.05, 0) is 30.5 Å². The highest BCUT2D eigenvalue weighted by Gasteiger charge is 2.42. The molecular formula is C20H27Cl2NO3S. The molecule has 1 aliphatic heterocycles. The highest BCUT2D eigenvalue weighted by molar-refractivity contribution is 7.99. The fraction of sp³-hybridized carbons (Fsp3) is 0.600. The molecule has 1 fully saturated rings. The number of thioether (sulfide) groups is 1. The van der Waals surface area contributed by atoms with Crippen molar-refractivity contribution >= 4 is 46.8 Å². The minimum atomic E-state index is -0.556. The van der Waals surface area contributed by atoms with Crippen LogP contribution in [0.5, 0.6) is 0 Å². The van der Waals surface area contributed by atoms with Gasteiger partial charge in [0, 0.05) is 12.2 Å². The summed E-state index contributed by atoms with van der Waals surface area (Å²) >= 11 is 13.8. The molecule has 0 radical (unpaired) electrons. The first kappa shape index (κ1) is 22.4. The van der Waals surface area contributed by atoms with Gasteiger partial charge < -0.3 is 9.64 Å². The van der Waals surface area contributed by atoms with Crippen molar-refractivity contribution in [1.82, 2.24) is 4.90 Å². The van der Waals surface area contributed by atoms with Gasteiger partial charge in [-0.1, -0.05) is 62.4 Å². The maximum absolute atomic E-state index is 13.0. The zero-order chi connectivity index (χ0) is 19.8. The molecule has 0 aromatic heterocycles. The minimum Gasteiger partial charge on any atom is -0.464 e. The van der Waals surface area contributed by atoms with Crippen molar-refractivity contribution in [3.05, 3.63) is 33.8 Å². The third-order valence-corrected chi connectivity index (χ3v) is 6.54. The lowest BCUT2D eigenvalue weighted by atomic mass is 10.1. The van der Waals surface area contributed by atoms with Crippen LogP contribution >= 0.6 is 35.0 Å². The van der Waals surface area contributed by atoms with Gasteiger partial charge in [-0.3, -0.25) is 4.79 Å². The number of esters is 1. The summed E-state index contributed by atoms with van der Waals surface area (Å²) in [6, 6.07) is 4.81. The minimum absolute atomic E-state index is 0.00868. The van der Waals surface area contributed by atoms with Crippen molar-refractivity contribution < 1.29 is 14.3 Å². The van der Waals surface area contributed by atoms with Crippen LogP contribution in [0.15, 0.2) is 18.2 Å². The summed E-state index contributed by atoms with van der Waals surface area (Å²) in [5.41, 5.74) is 0.877. The molecule has 1 aromatic carbocycles. The van der Waals surface area contributed by atoms with Gasteiger partial charge in [0.15, 0.2) is 0 Å². The van der Waals surface area contributed by atoms with Crippen LogP contribution in [0.25, 0.3) is 0 Å². The molecule has 7 heteroatoms. The molecule has 4 nitrogen and oxygen atoms in total. The van der Waals surface area contributed by atoms with Gasteiger partial charge in [0.25, 0.3) is 0 Å². The molecule has 27 heavy (non-hydrogen) atoms. The van der Waals surface area contributed by atoms with E-state index in [4.69, 9.17) is 27.9 Å². The lowest BCUT2D eigenvalue weighted by molar-refractivity contribution is -0.154. The van der Waals surface area contributed by atoms with Gasteiger partial charge in [0.1, 0.15) is 11.4 Å². The van der Waals surface area contributed by atoms with Gasteiger partial charge in [0.05, 0.1) is 16.7 Å². The summed E-state index contributed by atoms with van der Waals surface area (Å²) < 4.78 is 5.33. The van der Waals surface area contributed by atoms with E-state index in [0.29, 0.717) is 28.8 Å². The van der Waals surface area contributed by atoms with E-state index in [-0.39, 0.29) is 17.3 Å². The Bertz CT molecular complexity index is 656. The van der Waals surface area contributed by atoms with E-state index < -0.39 is 6.04 Å². The van der Waals surface area contributed by atoms with Crippen LogP contribution in [0.3, 0.4) is 0 Å². The Hall–Kier alpha value is -0.910. The van der Waals surface area contributed by atoms with E-state index >= 15 is 0 Å². The van der Waals surface area contributed by atoms with Crippen molar-refractivity contribution in [2.75, 3.05) is 12.4 Å². The topological polar surface area (TPSA) is 46.6 Å². The van der Waals surface area contributed by atoms with E-state index in [2.05, 4.69) is 6.92 Å². The van der Waals surface area contributed by atoms with Gasteiger partial charge in [0.2, 0.25) is 5.91 Å². The molecule has 0 spiro atoms. The van der Waals surface area contributed by atoms with Gasteiger partial charge >= 0.3 is 5.97 Å². The largest absolute Gasteiger partial charge is 0.464 e. The Labute approximate surface area is 175 Å². The van der Waals surface area contributed by atoms with Crippen LogP contribution in [0.4, 0.5) is 0 Å². The number of unbranched alkanes of at least 4 members (excludes halogenated alkanes) is 3. The lowest BCUT2D eigenvalue weighted by Crippen LogP contribution is -2.43. The van der Waals surface area contributed by atoms with Crippen LogP contribution in [0, 0.1) is 0 Å². The number of nitrogens with zero attached hydrogens (tertiary/aromatic N) is 1. The number of ether oxygens (including phenoxy) is 1. The van der Waals surface area contributed by atoms with Crippen LogP contribution < -0.4 is 0 Å². The van der Waals surface area contributed by atoms with Crippen LogP contribution in [0.1, 0.15) is 63.3 Å². The molecule has 0 bridgehead atoms. The lowest BCUT2D eigenvalue weighted by Gasteiger charge is -2.29. The van der Waals surface area contributed by atoms with Crippen LogP contribution in [0.2, 0.25) is 10.0 Å². The molecule has 150 valence electrons. The van der Waals surface area contributed by atoms with Crippen molar-refractivity contribution in [3.63, 3.8) is 0 Å². The zero-order valence-corrected chi connectivity index (χ0v) is 18.2. The Morgan fingerprint density at radius 2 is 1.93 bits per heavy atom. The molecule has 1 aliphatic rings. The summed E-state index contributed by atoms with van der Waals surface area (Å²) in [5, 5.41) is 0.666. The van der Waals surface area contributed by atoms with E-state index in [1.54, 1.807) is 28.8 Å².